The van der Waals surface area contributed by atoms with Crippen LogP contribution in [0.4, 0.5) is 0 Å². The summed E-state index contributed by atoms with van der Waals surface area (Å²) in [5, 5.41) is 9.55. The quantitative estimate of drug-likeness (QED) is 0.140. The molecule has 1 aromatic rings. The average Bonchev–Trinajstić information content (AvgIpc) is 2.66. The molecule has 1 rings (SSSR count). The number of unbranched alkanes of at least 4 members (excludes halogenated alkanes) is 5. The van der Waals surface area contributed by atoms with Crippen LogP contribution in [0.15, 0.2) is 17.7 Å². The zero-order valence-electron chi connectivity index (χ0n) is 17.1. The molecule has 0 saturated heterocycles. The number of carbonyl (C=O) groups is 1. The van der Waals surface area contributed by atoms with Crippen LogP contribution < -0.4 is 14.2 Å². The van der Waals surface area contributed by atoms with Crippen molar-refractivity contribution in [1.29, 1.82) is 0 Å². The van der Waals surface area contributed by atoms with Crippen LogP contribution in [0.3, 0.4) is 0 Å². The summed E-state index contributed by atoms with van der Waals surface area (Å²) in [6.07, 6.45) is 7.99. The molecule has 1 aromatic carbocycles. The number of rotatable bonds is 14. The van der Waals surface area contributed by atoms with Crippen molar-refractivity contribution in [2.75, 3.05) is 21.3 Å². The fourth-order valence-electron chi connectivity index (χ4n) is 2.97. The van der Waals surface area contributed by atoms with Crippen molar-refractivity contribution in [1.82, 2.24) is 0 Å². The lowest BCUT2D eigenvalue weighted by molar-refractivity contribution is -0.132. The fourth-order valence-corrected chi connectivity index (χ4v) is 4.83. The molecule has 0 aliphatic rings. The summed E-state index contributed by atoms with van der Waals surface area (Å²) >= 11 is 17.6. The normalized spacial score (nSPS) is 12.0. The van der Waals surface area contributed by atoms with Crippen LogP contribution in [0.1, 0.15) is 50.5 Å². The van der Waals surface area contributed by atoms with Gasteiger partial charge in [-0.3, -0.25) is 0 Å². The molecular weight excluding hydrogens is 455 g/mol. The van der Waals surface area contributed by atoms with Gasteiger partial charge >= 0.3 is 12.0 Å². The van der Waals surface area contributed by atoms with E-state index in [0.717, 1.165) is 38.5 Å². The second-order valence-corrected chi connectivity index (χ2v) is 15.9. The third-order valence-electron chi connectivity index (χ3n) is 4.46. The molecule has 0 aromatic heterocycles. The molecular formula is C20H29Cl3O5Si. The molecule has 164 valence electrons. The Hall–Kier alpha value is -1.08. The third kappa shape index (κ3) is 9.98. The lowest BCUT2D eigenvalue weighted by atomic mass is 10.0. The second kappa shape index (κ2) is 13.3. The Morgan fingerprint density at radius 3 is 1.90 bits per heavy atom. The number of halogens is 3. The van der Waals surface area contributed by atoms with Gasteiger partial charge in [-0.05, 0) is 42.7 Å². The first-order valence-electron chi connectivity index (χ1n) is 9.52. The molecule has 0 aliphatic carbocycles. The van der Waals surface area contributed by atoms with Crippen molar-refractivity contribution >= 4 is 51.3 Å². The van der Waals surface area contributed by atoms with Gasteiger partial charge in [0.05, 0.1) is 21.3 Å². The van der Waals surface area contributed by atoms with Crippen LogP contribution in [0.2, 0.25) is 6.04 Å². The number of carboxylic acid groups (broad SMARTS) is 1. The van der Waals surface area contributed by atoms with E-state index < -0.39 is 12.0 Å². The minimum Gasteiger partial charge on any atom is -0.493 e. The summed E-state index contributed by atoms with van der Waals surface area (Å²) in [7, 11) is 4.58. The zero-order valence-corrected chi connectivity index (χ0v) is 20.4. The van der Waals surface area contributed by atoms with E-state index in [2.05, 4.69) is 0 Å². The average molecular weight is 484 g/mol. The monoisotopic (exact) mass is 482 g/mol. The highest BCUT2D eigenvalue weighted by molar-refractivity contribution is 7.64. The summed E-state index contributed by atoms with van der Waals surface area (Å²) < 4.78 is 15.9. The number of aliphatic carboxylic acids is 1. The van der Waals surface area contributed by atoms with E-state index in [4.69, 9.17) is 47.4 Å². The maximum Gasteiger partial charge on any atom is 0.341 e. The van der Waals surface area contributed by atoms with Crippen LogP contribution in [0.25, 0.3) is 6.08 Å². The van der Waals surface area contributed by atoms with E-state index in [1.165, 1.54) is 21.3 Å². The Labute approximate surface area is 188 Å². The molecule has 0 heterocycles. The SMILES string of the molecule is COc1cc(/C=C(\CCCCCCCC[Si](Cl)(Cl)Cl)C(=O)O)cc(OC)c1OC. The molecule has 1 N–H and O–H groups in total. The standard InChI is InChI=1S/C20H29Cl3O5Si/c1-26-17-13-15(14-18(27-2)19(17)28-3)12-16(20(24)25)10-8-6-4-5-7-9-11-29(21,22)23/h12-14H,4-11H2,1-3H3,(H,24,25)/b16-12+. The maximum atomic E-state index is 11.6. The Kier molecular flexibility index (Phi) is 11.9. The van der Waals surface area contributed by atoms with Gasteiger partial charge in [0.25, 0.3) is 0 Å². The van der Waals surface area contributed by atoms with Gasteiger partial charge in [0.2, 0.25) is 5.75 Å². The van der Waals surface area contributed by atoms with Gasteiger partial charge < -0.3 is 19.3 Å². The number of ether oxygens (including phenoxy) is 3. The number of hydrogen-bond donors (Lipinski definition) is 1. The molecule has 5 nitrogen and oxygen atoms in total. The van der Waals surface area contributed by atoms with E-state index in [9.17, 15) is 9.90 Å². The molecule has 0 spiro atoms. The van der Waals surface area contributed by atoms with Gasteiger partial charge in [-0.25, -0.2) is 4.79 Å². The van der Waals surface area contributed by atoms with Gasteiger partial charge in [0, 0.05) is 5.57 Å². The van der Waals surface area contributed by atoms with Gasteiger partial charge in [-0.15, -0.1) is 33.2 Å². The molecule has 29 heavy (non-hydrogen) atoms. The fraction of sp³-hybridized carbons (Fsp3) is 0.550. The van der Waals surface area contributed by atoms with Crippen molar-refractivity contribution in [3.8, 4) is 17.2 Å². The van der Waals surface area contributed by atoms with Crippen molar-refractivity contribution in [3.05, 3.63) is 23.3 Å². The van der Waals surface area contributed by atoms with E-state index in [1.807, 2.05) is 0 Å². The summed E-state index contributed by atoms with van der Waals surface area (Å²) in [6, 6.07) is 1.66. The summed E-state index contributed by atoms with van der Waals surface area (Å²) in [5.74, 6) is 0.523. The lowest BCUT2D eigenvalue weighted by Crippen LogP contribution is -2.07. The Balaban J connectivity index is 2.63. The molecule has 0 saturated carbocycles. The highest BCUT2D eigenvalue weighted by Crippen LogP contribution is 2.39. The Morgan fingerprint density at radius 2 is 1.45 bits per heavy atom. The van der Waals surface area contributed by atoms with E-state index >= 15 is 0 Å². The topological polar surface area (TPSA) is 65.0 Å². The molecule has 0 amide bonds. The summed E-state index contributed by atoms with van der Waals surface area (Å²) in [5.41, 5.74) is 1.04. The van der Waals surface area contributed by atoms with Gasteiger partial charge in [-0.2, -0.15) is 0 Å². The van der Waals surface area contributed by atoms with Gasteiger partial charge in [0.1, 0.15) is 0 Å². The highest BCUT2D eigenvalue weighted by Gasteiger charge is 2.23. The number of methoxy groups -OCH3 is 3. The third-order valence-corrected chi connectivity index (χ3v) is 7.08. The maximum absolute atomic E-state index is 11.6. The smallest absolute Gasteiger partial charge is 0.341 e. The van der Waals surface area contributed by atoms with E-state index in [0.29, 0.717) is 40.9 Å². The largest absolute Gasteiger partial charge is 0.493 e. The zero-order chi connectivity index (χ0) is 21.9. The minimum atomic E-state index is -2.50. The van der Waals surface area contributed by atoms with Gasteiger partial charge in [0.15, 0.2) is 11.5 Å². The molecule has 0 radical (unpaired) electrons. The van der Waals surface area contributed by atoms with E-state index in [1.54, 1.807) is 18.2 Å². The van der Waals surface area contributed by atoms with Crippen LogP contribution in [-0.2, 0) is 4.79 Å². The number of benzene rings is 1. The first kappa shape index (κ1) is 26.0. The molecule has 0 atom stereocenters. The van der Waals surface area contributed by atoms with Crippen molar-refractivity contribution in [2.24, 2.45) is 0 Å². The van der Waals surface area contributed by atoms with Crippen molar-refractivity contribution in [3.63, 3.8) is 0 Å². The highest BCUT2D eigenvalue weighted by atomic mass is 35.8. The summed E-state index contributed by atoms with van der Waals surface area (Å²) in [6.45, 7) is 0. The predicted molar refractivity (Wildman–Crippen MR) is 122 cm³/mol. The van der Waals surface area contributed by atoms with Crippen molar-refractivity contribution < 1.29 is 24.1 Å². The lowest BCUT2D eigenvalue weighted by Gasteiger charge is -2.13. The summed E-state index contributed by atoms with van der Waals surface area (Å²) in [4.78, 5) is 11.6. The molecule has 0 aliphatic heterocycles. The van der Waals surface area contributed by atoms with Crippen LogP contribution >= 0.6 is 33.2 Å². The number of hydrogen-bond acceptors (Lipinski definition) is 4. The first-order valence-corrected chi connectivity index (χ1v) is 14.8. The molecule has 0 unspecified atom stereocenters. The molecule has 0 fully saturated rings. The second-order valence-electron chi connectivity index (χ2n) is 6.67. The Bertz CT molecular complexity index is 664. The molecule has 0 bridgehead atoms. The van der Waals surface area contributed by atoms with Crippen LogP contribution in [0, 0.1) is 0 Å². The molecule has 9 heteroatoms. The van der Waals surface area contributed by atoms with Crippen LogP contribution in [-0.4, -0.2) is 38.4 Å². The number of carboxylic acids is 1. The van der Waals surface area contributed by atoms with E-state index in [-0.39, 0.29) is 0 Å². The minimum absolute atomic E-state index is 0.349. The van der Waals surface area contributed by atoms with Gasteiger partial charge in [-0.1, -0.05) is 32.1 Å². The van der Waals surface area contributed by atoms with Crippen molar-refractivity contribution in [2.45, 2.75) is 51.0 Å². The van der Waals surface area contributed by atoms with Crippen LogP contribution in [0.5, 0.6) is 17.2 Å². The predicted octanol–water partition coefficient (Wildman–Crippen LogP) is 6.57. The first-order chi connectivity index (χ1) is 13.7. The Morgan fingerprint density at radius 1 is 0.931 bits per heavy atom.